The fraction of sp³-hybridized carbons (Fsp3) is 0.0769. The monoisotopic (exact) mass is 722 g/mol. The van der Waals surface area contributed by atoms with Crippen LogP contribution in [-0.2, 0) is 0 Å². The largest absolute Gasteiger partial charge is 0.309 e. The van der Waals surface area contributed by atoms with Crippen molar-refractivity contribution >= 4 is 67.2 Å². The van der Waals surface area contributed by atoms with Crippen LogP contribution in [0.4, 0.5) is 0 Å². The number of hydrogen-bond donors (Lipinski definition) is 0. The smallest absolute Gasteiger partial charge is 0.153 e. The van der Waals surface area contributed by atoms with E-state index in [0.717, 1.165) is 5.69 Å². The molecule has 55 heavy (non-hydrogen) atoms. The summed E-state index contributed by atoms with van der Waals surface area (Å²) in [5.41, 5.74) is 9.61. The molecular formula is C52H42N2Si. The molecule has 0 radical (unpaired) electrons. The molecule has 0 N–H and O–H groups in total. The molecule has 2 nitrogen and oxygen atoms in total. The quantitative estimate of drug-likeness (QED) is 0.119. The van der Waals surface area contributed by atoms with Crippen LogP contribution in [0.15, 0.2) is 200 Å². The van der Waals surface area contributed by atoms with E-state index in [9.17, 15) is 0 Å². The van der Waals surface area contributed by atoms with Gasteiger partial charge in [-0.2, -0.15) is 0 Å². The maximum Gasteiger partial charge on any atom is 0.153 e. The predicted octanol–water partition coefficient (Wildman–Crippen LogP) is 11.8. The molecule has 0 aliphatic heterocycles. The van der Waals surface area contributed by atoms with Crippen molar-refractivity contribution < 1.29 is 0 Å². The molecular weight excluding hydrogens is 681 g/mol. The third-order valence-corrected chi connectivity index (χ3v) is 17.6. The number of benzene rings is 8. The molecule has 10 rings (SSSR count). The normalized spacial score (nSPS) is 12.3. The average molecular weight is 723 g/mol. The summed E-state index contributed by atoms with van der Waals surface area (Å²) in [5, 5.41) is 9.36. The van der Waals surface area contributed by atoms with Crippen LogP contribution in [0.2, 0.25) is 5.04 Å². The SMILES string of the molecule is CC(C)(C)[Si](c1ccccc1)(c1ccccc1)c1ccc2c(c1)c1ccccc1n2-c1ccc2c(c1)c1ccccc1n2-c1ccccc1-c1ccccc1. The van der Waals surface area contributed by atoms with Gasteiger partial charge >= 0.3 is 0 Å². The highest BCUT2D eigenvalue weighted by Gasteiger charge is 2.49. The lowest BCUT2D eigenvalue weighted by Gasteiger charge is -2.44. The minimum Gasteiger partial charge on any atom is -0.309 e. The van der Waals surface area contributed by atoms with Crippen molar-refractivity contribution in [2.75, 3.05) is 0 Å². The number of para-hydroxylation sites is 3. The summed E-state index contributed by atoms with van der Waals surface area (Å²) in [6.45, 7) is 7.32. The Morgan fingerprint density at radius 1 is 0.364 bits per heavy atom. The molecule has 10 aromatic rings. The molecule has 2 aromatic heterocycles. The Labute approximate surface area is 323 Å². The second-order valence-electron chi connectivity index (χ2n) is 15.8. The van der Waals surface area contributed by atoms with Gasteiger partial charge in [0.15, 0.2) is 8.07 Å². The Balaban J connectivity index is 1.22. The second-order valence-corrected chi connectivity index (χ2v) is 20.5. The van der Waals surface area contributed by atoms with Crippen LogP contribution in [0.5, 0.6) is 0 Å². The van der Waals surface area contributed by atoms with E-state index >= 15 is 0 Å². The van der Waals surface area contributed by atoms with Crippen molar-refractivity contribution in [3.05, 3.63) is 200 Å². The van der Waals surface area contributed by atoms with Gasteiger partial charge in [0, 0.05) is 32.8 Å². The summed E-state index contributed by atoms with van der Waals surface area (Å²) in [5.74, 6) is 0. The summed E-state index contributed by atoms with van der Waals surface area (Å²) in [4.78, 5) is 0. The lowest BCUT2D eigenvalue weighted by atomic mass is 10.0. The molecule has 0 saturated heterocycles. The van der Waals surface area contributed by atoms with Crippen LogP contribution in [0.1, 0.15) is 20.8 Å². The molecule has 0 spiro atoms. The molecule has 3 heteroatoms. The zero-order valence-electron chi connectivity index (χ0n) is 31.4. The van der Waals surface area contributed by atoms with Gasteiger partial charge in [-0.25, -0.2) is 0 Å². The van der Waals surface area contributed by atoms with E-state index in [0.29, 0.717) is 0 Å². The third kappa shape index (κ3) is 5.07. The highest BCUT2D eigenvalue weighted by Crippen LogP contribution is 2.40. The summed E-state index contributed by atoms with van der Waals surface area (Å²) in [6, 6.07) is 74.3. The molecule has 0 aliphatic carbocycles. The Morgan fingerprint density at radius 3 is 1.47 bits per heavy atom. The van der Waals surface area contributed by atoms with Crippen LogP contribution >= 0.6 is 0 Å². The second kappa shape index (κ2) is 12.9. The zero-order valence-corrected chi connectivity index (χ0v) is 32.4. The molecule has 0 unspecified atom stereocenters. The van der Waals surface area contributed by atoms with Gasteiger partial charge in [0.1, 0.15) is 0 Å². The highest BCUT2D eigenvalue weighted by molar-refractivity contribution is 7.13. The van der Waals surface area contributed by atoms with Gasteiger partial charge in [0.25, 0.3) is 0 Å². The maximum atomic E-state index is 2.54. The van der Waals surface area contributed by atoms with Gasteiger partial charge in [0.2, 0.25) is 0 Å². The van der Waals surface area contributed by atoms with Gasteiger partial charge < -0.3 is 9.13 Å². The minimum atomic E-state index is -2.54. The van der Waals surface area contributed by atoms with Crippen LogP contribution < -0.4 is 15.6 Å². The molecule has 0 bridgehead atoms. The standard InChI is InChI=1S/C52H42N2Si/c1-52(2,3)55(39-21-9-5-10-22-39,40-23-11-6-12-24-40)41-32-34-50-46(36-41)44-27-14-17-29-48(44)53(50)38-31-33-51-45(35-38)43-26-15-18-30-49(43)54(51)47-28-16-13-25-42(47)37-19-7-4-8-20-37/h4-36H,1-3H3. The number of nitrogens with zero attached hydrogens (tertiary/aromatic N) is 2. The van der Waals surface area contributed by atoms with Crippen LogP contribution in [0, 0.1) is 0 Å². The van der Waals surface area contributed by atoms with Gasteiger partial charge in [-0.3, -0.25) is 0 Å². The fourth-order valence-corrected chi connectivity index (χ4v) is 15.2. The van der Waals surface area contributed by atoms with E-state index in [1.54, 1.807) is 0 Å². The van der Waals surface area contributed by atoms with Crippen molar-refractivity contribution in [2.45, 2.75) is 25.8 Å². The third-order valence-electron chi connectivity index (χ3n) is 11.8. The van der Waals surface area contributed by atoms with Crippen molar-refractivity contribution in [1.29, 1.82) is 0 Å². The van der Waals surface area contributed by atoms with E-state index in [1.807, 2.05) is 0 Å². The van der Waals surface area contributed by atoms with Gasteiger partial charge in [-0.05, 0) is 68.6 Å². The van der Waals surface area contributed by atoms with Crippen molar-refractivity contribution in [3.8, 4) is 22.5 Å². The molecule has 0 saturated carbocycles. The minimum absolute atomic E-state index is 0.000130. The first-order valence-electron chi connectivity index (χ1n) is 19.3. The first-order chi connectivity index (χ1) is 26.9. The predicted molar refractivity (Wildman–Crippen MR) is 238 cm³/mol. The summed E-state index contributed by atoms with van der Waals surface area (Å²) >= 11 is 0. The number of rotatable bonds is 6. The highest BCUT2D eigenvalue weighted by atomic mass is 28.3. The Hall–Kier alpha value is -6.42. The first kappa shape index (κ1) is 33.2. The van der Waals surface area contributed by atoms with Crippen LogP contribution in [-0.4, -0.2) is 17.2 Å². The summed E-state index contributed by atoms with van der Waals surface area (Å²) in [7, 11) is -2.54. The molecule has 264 valence electrons. The van der Waals surface area contributed by atoms with Crippen molar-refractivity contribution in [2.24, 2.45) is 0 Å². The first-order valence-corrected chi connectivity index (χ1v) is 21.3. The molecule has 0 aliphatic rings. The Bertz CT molecular complexity index is 2960. The van der Waals surface area contributed by atoms with E-state index in [4.69, 9.17) is 0 Å². The van der Waals surface area contributed by atoms with Gasteiger partial charge in [-0.1, -0.05) is 178 Å². The van der Waals surface area contributed by atoms with E-state index in [-0.39, 0.29) is 5.04 Å². The maximum absolute atomic E-state index is 2.54. The number of hydrogen-bond acceptors (Lipinski definition) is 0. The Kier molecular flexibility index (Phi) is 7.76. The summed E-state index contributed by atoms with van der Waals surface area (Å²) in [6.07, 6.45) is 0. The summed E-state index contributed by atoms with van der Waals surface area (Å²) < 4.78 is 4.92. The van der Waals surface area contributed by atoms with E-state index in [1.165, 1.54) is 76.0 Å². The molecule has 0 amide bonds. The lowest BCUT2D eigenvalue weighted by Crippen LogP contribution is -2.72. The van der Waals surface area contributed by atoms with Crippen LogP contribution in [0.3, 0.4) is 0 Å². The molecule has 8 aromatic carbocycles. The lowest BCUT2D eigenvalue weighted by molar-refractivity contribution is 0.739. The topological polar surface area (TPSA) is 9.86 Å². The number of aromatic nitrogens is 2. The molecule has 0 fully saturated rings. The fourth-order valence-electron chi connectivity index (χ4n) is 9.55. The van der Waals surface area contributed by atoms with Gasteiger partial charge in [0.05, 0.1) is 27.8 Å². The van der Waals surface area contributed by atoms with E-state index in [2.05, 4.69) is 230 Å². The average Bonchev–Trinajstić information content (AvgIpc) is 3.74. The van der Waals surface area contributed by atoms with Gasteiger partial charge in [-0.15, -0.1) is 0 Å². The van der Waals surface area contributed by atoms with Crippen molar-refractivity contribution in [1.82, 2.24) is 9.13 Å². The molecule has 0 atom stereocenters. The van der Waals surface area contributed by atoms with Crippen LogP contribution in [0.25, 0.3) is 66.1 Å². The van der Waals surface area contributed by atoms with E-state index < -0.39 is 8.07 Å². The zero-order chi connectivity index (χ0) is 37.1. The number of fused-ring (bicyclic) bond motifs is 6. The molecule has 2 heterocycles. The van der Waals surface area contributed by atoms with Crippen molar-refractivity contribution in [3.63, 3.8) is 0 Å². The Morgan fingerprint density at radius 2 is 0.836 bits per heavy atom.